The number of carbonyl (C=O) groups is 1. The van der Waals surface area contributed by atoms with Crippen molar-refractivity contribution in [1.82, 2.24) is 19.9 Å². The van der Waals surface area contributed by atoms with Gasteiger partial charge in [0.1, 0.15) is 0 Å². The van der Waals surface area contributed by atoms with E-state index in [0.29, 0.717) is 0 Å². The summed E-state index contributed by atoms with van der Waals surface area (Å²) in [5.74, 6) is 0.749. The van der Waals surface area contributed by atoms with Crippen LogP contribution >= 0.6 is 0 Å². The highest BCUT2D eigenvalue weighted by Crippen LogP contribution is 2.18. The highest BCUT2D eigenvalue weighted by Gasteiger charge is 2.25. The maximum absolute atomic E-state index is 11.1. The molecule has 1 unspecified atom stereocenters. The third kappa shape index (κ3) is 2.25. The molecule has 1 atom stereocenters. The van der Waals surface area contributed by atoms with E-state index in [1.165, 1.54) is 0 Å². The summed E-state index contributed by atoms with van der Waals surface area (Å²) >= 11 is 0. The first-order chi connectivity index (χ1) is 9.13. The Morgan fingerprint density at radius 2 is 2.37 bits per heavy atom. The van der Waals surface area contributed by atoms with Crippen LogP contribution in [-0.4, -0.2) is 39.6 Å². The Balaban J connectivity index is 1.83. The molecule has 1 N–H and O–H groups in total. The fourth-order valence-corrected chi connectivity index (χ4v) is 2.55. The van der Waals surface area contributed by atoms with Gasteiger partial charge in [0.15, 0.2) is 0 Å². The van der Waals surface area contributed by atoms with Crippen molar-refractivity contribution in [3.8, 4) is 0 Å². The van der Waals surface area contributed by atoms with E-state index in [9.17, 15) is 4.79 Å². The van der Waals surface area contributed by atoms with Gasteiger partial charge < -0.3 is 10.2 Å². The zero-order valence-electron chi connectivity index (χ0n) is 11.1. The lowest BCUT2D eigenvalue weighted by molar-refractivity contribution is -0.119. The minimum atomic E-state index is 0.0183. The molecule has 0 aromatic carbocycles. The Bertz CT molecular complexity index is 621. The fourth-order valence-electron chi connectivity index (χ4n) is 2.55. The van der Waals surface area contributed by atoms with Crippen LogP contribution < -0.4 is 10.2 Å². The van der Waals surface area contributed by atoms with Crippen molar-refractivity contribution < 1.29 is 4.79 Å². The van der Waals surface area contributed by atoms with E-state index >= 15 is 0 Å². The molecule has 6 nitrogen and oxygen atoms in total. The van der Waals surface area contributed by atoms with Gasteiger partial charge in [-0.05, 0) is 25.5 Å². The number of anilines is 1. The van der Waals surface area contributed by atoms with Crippen molar-refractivity contribution in [1.29, 1.82) is 0 Å². The maximum Gasteiger partial charge on any atom is 0.243 e. The second kappa shape index (κ2) is 4.53. The lowest BCUT2D eigenvalue weighted by Gasteiger charge is -2.17. The number of aryl methyl sites for hydroxylation is 1. The predicted molar refractivity (Wildman–Crippen MR) is 72.2 cm³/mol. The van der Waals surface area contributed by atoms with E-state index in [1.54, 1.807) is 6.92 Å². The van der Waals surface area contributed by atoms with Gasteiger partial charge in [-0.1, -0.05) is 0 Å². The van der Waals surface area contributed by atoms with Crippen LogP contribution in [0.3, 0.4) is 0 Å². The summed E-state index contributed by atoms with van der Waals surface area (Å²) < 4.78 is 1.85. The number of nitrogens with zero attached hydrogens (tertiary/aromatic N) is 4. The van der Waals surface area contributed by atoms with E-state index in [1.807, 2.05) is 29.8 Å². The molecule has 1 aliphatic heterocycles. The minimum absolute atomic E-state index is 0.0183. The van der Waals surface area contributed by atoms with Crippen LogP contribution in [0.1, 0.15) is 19.0 Å². The molecule has 3 rings (SSSR count). The molecule has 2 aromatic rings. The summed E-state index contributed by atoms with van der Waals surface area (Å²) in [6.07, 6.45) is 2.86. The van der Waals surface area contributed by atoms with E-state index in [0.717, 1.165) is 36.7 Å². The van der Waals surface area contributed by atoms with Crippen LogP contribution in [0.5, 0.6) is 0 Å². The molecule has 1 aliphatic rings. The Morgan fingerprint density at radius 3 is 3.16 bits per heavy atom. The molecule has 0 bridgehead atoms. The van der Waals surface area contributed by atoms with Crippen LogP contribution in [0.2, 0.25) is 0 Å². The minimum Gasteiger partial charge on any atom is -0.352 e. The third-order valence-electron chi connectivity index (χ3n) is 3.44. The maximum atomic E-state index is 11.1. The molecule has 2 aromatic heterocycles. The molecule has 1 saturated heterocycles. The Hall–Kier alpha value is -2.11. The molecule has 0 radical (unpaired) electrons. The van der Waals surface area contributed by atoms with Gasteiger partial charge in [0.05, 0.1) is 11.2 Å². The Kier molecular flexibility index (Phi) is 2.85. The number of fused-ring (bicyclic) bond motifs is 1. The average molecular weight is 259 g/mol. The van der Waals surface area contributed by atoms with Gasteiger partial charge in [-0.15, -0.1) is 5.10 Å². The zero-order chi connectivity index (χ0) is 13.4. The van der Waals surface area contributed by atoms with Crippen molar-refractivity contribution in [2.24, 2.45) is 0 Å². The predicted octanol–water partition coefficient (Wildman–Crippen LogP) is 0.753. The molecule has 0 aliphatic carbocycles. The van der Waals surface area contributed by atoms with Gasteiger partial charge in [-0.2, -0.15) is 0 Å². The van der Waals surface area contributed by atoms with Gasteiger partial charge in [-0.25, -0.2) is 9.50 Å². The highest BCUT2D eigenvalue weighted by molar-refractivity contribution is 5.73. The molecule has 1 fully saturated rings. The number of rotatable bonds is 2. The molecule has 1 amide bonds. The van der Waals surface area contributed by atoms with Gasteiger partial charge >= 0.3 is 0 Å². The lowest BCUT2D eigenvalue weighted by Crippen LogP contribution is -2.36. The van der Waals surface area contributed by atoms with Gasteiger partial charge in [0.25, 0.3) is 0 Å². The second-order valence-electron chi connectivity index (χ2n) is 4.97. The normalized spacial score (nSPS) is 19.1. The summed E-state index contributed by atoms with van der Waals surface area (Å²) in [5.41, 5.74) is 2.00. The SMILES string of the molecule is CC(=O)NC1CCN(c2nc(C)c3cccn3n2)C1. The Morgan fingerprint density at radius 1 is 1.53 bits per heavy atom. The highest BCUT2D eigenvalue weighted by atomic mass is 16.1. The van der Waals surface area contributed by atoms with Crippen molar-refractivity contribution in [3.05, 3.63) is 24.0 Å². The molecular formula is C13H17N5O. The standard InChI is InChI=1S/C13H17N5O/c1-9-12-4-3-6-18(12)16-13(14-9)17-7-5-11(8-17)15-10(2)19/h3-4,6,11H,5,7-8H2,1-2H3,(H,15,19). The summed E-state index contributed by atoms with van der Waals surface area (Å²) in [7, 11) is 0. The average Bonchev–Trinajstić information content (AvgIpc) is 2.96. The summed E-state index contributed by atoms with van der Waals surface area (Å²) in [6.45, 7) is 5.18. The van der Waals surface area contributed by atoms with E-state index < -0.39 is 0 Å². The van der Waals surface area contributed by atoms with E-state index in [2.05, 4.69) is 20.3 Å². The second-order valence-corrected chi connectivity index (χ2v) is 4.97. The van der Waals surface area contributed by atoms with Crippen LogP contribution in [-0.2, 0) is 4.79 Å². The number of carbonyl (C=O) groups excluding carboxylic acids is 1. The van der Waals surface area contributed by atoms with Crippen LogP contribution in [0.4, 0.5) is 5.95 Å². The summed E-state index contributed by atoms with van der Waals surface area (Å²) in [5, 5.41) is 7.46. The monoisotopic (exact) mass is 259 g/mol. The number of hydrogen-bond acceptors (Lipinski definition) is 4. The van der Waals surface area contributed by atoms with Crippen molar-refractivity contribution in [2.45, 2.75) is 26.3 Å². The van der Waals surface area contributed by atoms with Gasteiger partial charge in [-0.3, -0.25) is 4.79 Å². The zero-order valence-corrected chi connectivity index (χ0v) is 11.1. The van der Waals surface area contributed by atoms with Crippen molar-refractivity contribution in [2.75, 3.05) is 18.0 Å². The first-order valence-corrected chi connectivity index (χ1v) is 6.47. The number of amides is 1. The molecular weight excluding hydrogens is 242 g/mol. The largest absolute Gasteiger partial charge is 0.352 e. The van der Waals surface area contributed by atoms with E-state index in [-0.39, 0.29) is 11.9 Å². The van der Waals surface area contributed by atoms with Crippen LogP contribution in [0.15, 0.2) is 18.3 Å². The molecule has 3 heterocycles. The van der Waals surface area contributed by atoms with Crippen LogP contribution in [0, 0.1) is 6.92 Å². The van der Waals surface area contributed by atoms with E-state index in [4.69, 9.17) is 0 Å². The lowest BCUT2D eigenvalue weighted by atomic mass is 10.3. The summed E-state index contributed by atoms with van der Waals surface area (Å²) in [6, 6.07) is 4.16. The van der Waals surface area contributed by atoms with Gasteiger partial charge in [0, 0.05) is 32.3 Å². The van der Waals surface area contributed by atoms with Gasteiger partial charge in [0.2, 0.25) is 11.9 Å². The molecule has 0 saturated carbocycles. The Labute approximate surface area is 111 Å². The smallest absolute Gasteiger partial charge is 0.243 e. The quantitative estimate of drug-likeness (QED) is 0.864. The third-order valence-corrected chi connectivity index (χ3v) is 3.44. The number of hydrogen-bond donors (Lipinski definition) is 1. The fraction of sp³-hybridized carbons (Fsp3) is 0.462. The van der Waals surface area contributed by atoms with Crippen LogP contribution in [0.25, 0.3) is 5.52 Å². The number of aromatic nitrogens is 3. The first kappa shape index (κ1) is 12.0. The molecule has 100 valence electrons. The molecule has 19 heavy (non-hydrogen) atoms. The topological polar surface area (TPSA) is 62.5 Å². The summed E-state index contributed by atoms with van der Waals surface area (Å²) in [4.78, 5) is 17.7. The molecule has 0 spiro atoms. The number of nitrogens with one attached hydrogen (secondary N) is 1. The molecule has 6 heteroatoms. The van der Waals surface area contributed by atoms with Crippen molar-refractivity contribution in [3.63, 3.8) is 0 Å². The first-order valence-electron chi connectivity index (χ1n) is 6.47. The van der Waals surface area contributed by atoms with Crippen molar-refractivity contribution >= 4 is 17.4 Å².